The fourth-order valence-corrected chi connectivity index (χ4v) is 6.74. The number of esters is 1. The molecular formula is C33H36N2O3S. The number of carbonyl (C=O) groups excluding carboxylic acids is 2. The molecule has 0 aliphatic heterocycles. The number of carbonyl (C=O) groups is 2. The fourth-order valence-electron chi connectivity index (χ4n) is 5.43. The lowest BCUT2D eigenvalue weighted by atomic mass is 9.72. The minimum Gasteiger partial charge on any atom is -0.462 e. The Morgan fingerprint density at radius 1 is 1.08 bits per heavy atom. The van der Waals surface area contributed by atoms with Crippen molar-refractivity contribution in [2.75, 3.05) is 11.9 Å². The second kappa shape index (κ2) is 10.9. The summed E-state index contributed by atoms with van der Waals surface area (Å²) in [7, 11) is 0. The number of rotatable bonds is 6. The Kier molecular flexibility index (Phi) is 7.59. The zero-order valence-corrected chi connectivity index (χ0v) is 24.2. The number of amides is 1. The first-order valence-corrected chi connectivity index (χ1v) is 14.6. The number of fused-ring (bicyclic) bond motifs is 2. The Bertz CT molecular complexity index is 1530. The average Bonchev–Trinajstić information content (AvgIpc) is 3.29. The van der Waals surface area contributed by atoms with Gasteiger partial charge in [0, 0.05) is 15.8 Å². The first-order chi connectivity index (χ1) is 18.7. The summed E-state index contributed by atoms with van der Waals surface area (Å²) in [5.74, 6) is -0.0969. The molecule has 202 valence electrons. The van der Waals surface area contributed by atoms with Crippen molar-refractivity contribution in [3.63, 3.8) is 0 Å². The van der Waals surface area contributed by atoms with Crippen molar-refractivity contribution in [2.45, 2.75) is 60.3 Å². The molecule has 4 aromatic rings. The maximum Gasteiger partial charge on any atom is 0.341 e. The van der Waals surface area contributed by atoms with Crippen LogP contribution in [-0.4, -0.2) is 23.5 Å². The van der Waals surface area contributed by atoms with E-state index in [4.69, 9.17) is 9.72 Å². The van der Waals surface area contributed by atoms with Gasteiger partial charge in [0.05, 0.1) is 28.9 Å². The van der Waals surface area contributed by atoms with E-state index in [2.05, 4.69) is 57.3 Å². The topological polar surface area (TPSA) is 68.3 Å². The molecular weight excluding hydrogens is 504 g/mol. The van der Waals surface area contributed by atoms with Crippen molar-refractivity contribution in [1.29, 1.82) is 0 Å². The molecule has 2 heterocycles. The second-order valence-electron chi connectivity index (χ2n) is 11.3. The summed E-state index contributed by atoms with van der Waals surface area (Å²) < 4.78 is 5.45. The van der Waals surface area contributed by atoms with Crippen LogP contribution in [0.3, 0.4) is 0 Å². The van der Waals surface area contributed by atoms with Gasteiger partial charge in [0.1, 0.15) is 5.00 Å². The van der Waals surface area contributed by atoms with Gasteiger partial charge >= 0.3 is 5.97 Å². The minimum atomic E-state index is -0.365. The second-order valence-corrected chi connectivity index (χ2v) is 12.4. The molecule has 0 saturated heterocycles. The molecule has 5 nitrogen and oxygen atoms in total. The van der Waals surface area contributed by atoms with E-state index in [0.717, 1.165) is 53.4 Å². The summed E-state index contributed by atoms with van der Waals surface area (Å²) in [5.41, 5.74) is 5.96. The summed E-state index contributed by atoms with van der Waals surface area (Å²) in [6, 6.07) is 17.8. The Balaban J connectivity index is 1.55. The van der Waals surface area contributed by atoms with Crippen LogP contribution < -0.4 is 5.32 Å². The van der Waals surface area contributed by atoms with Crippen molar-refractivity contribution >= 4 is 39.1 Å². The number of thiophene rings is 1. The lowest BCUT2D eigenvalue weighted by Gasteiger charge is -2.33. The van der Waals surface area contributed by atoms with Crippen LogP contribution >= 0.6 is 11.3 Å². The number of hydrogen-bond acceptors (Lipinski definition) is 5. The molecule has 1 N–H and O–H groups in total. The van der Waals surface area contributed by atoms with Gasteiger partial charge in [0.15, 0.2) is 0 Å². The van der Waals surface area contributed by atoms with Gasteiger partial charge in [0.2, 0.25) is 0 Å². The van der Waals surface area contributed by atoms with E-state index in [-0.39, 0.29) is 23.9 Å². The van der Waals surface area contributed by atoms with Crippen LogP contribution in [0.25, 0.3) is 22.2 Å². The predicted octanol–water partition coefficient (Wildman–Crippen LogP) is 8.11. The lowest BCUT2D eigenvalue weighted by Crippen LogP contribution is -2.26. The maximum atomic E-state index is 13.9. The van der Waals surface area contributed by atoms with Gasteiger partial charge in [-0.25, -0.2) is 9.78 Å². The molecule has 39 heavy (non-hydrogen) atoms. The van der Waals surface area contributed by atoms with Gasteiger partial charge in [0.25, 0.3) is 5.91 Å². The molecule has 0 fully saturated rings. The van der Waals surface area contributed by atoms with Crippen molar-refractivity contribution < 1.29 is 14.3 Å². The molecule has 1 amide bonds. The number of ether oxygens (including phenoxy) is 1. The number of para-hydroxylation sites is 1. The number of pyridine rings is 1. The van der Waals surface area contributed by atoms with Crippen LogP contribution in [0.15, 0.2) is 54.6 Å². The highest BCUT2D eigenvalue weighted by atomic mass is 32.1. The van der Waals surface area contributed by atoms with Gasteiger partial charge in [-0.1, -0.05) is 70.2 Å². The van der Waals surface area contributed by atoms with E-state index < -0.39 is 0 Å². The number of nitrogens with zero attached hydrogens (tertiary/aromatic N) is 1. The molecule has 6 heteroatoms. The van der Waals surface area contributed by atoms with Crippen LogP contribution in [0.5, 0.6) is 0 Å². The van der Waals surface area contributed by atoms with E-state index >= 15 is 0 Å². The third-order valence-corrected chi connectivity index (χ3v) is 8.99. The highest BCUT2D eigenvalue weighted by Gasteiger charge is 2.34. The minimum absolute atomic E-state index is 0.177. The van der Waals surface area contributed by atoms with Crippen molar-refractivity contribution in [3.8, 4) is 11.3 Å². The maximum absolute atomic E-state index is 13.9. The van der Waals surface area contributed by atoms with Crippen LogP contribution in [-0.2, 0) is 24.0 Å². The highest BCUT2D eigenvalue weighted by Crippen LogP contribution is 2.44. The largest absolute Gasteiger partial charge is 0.462 e. The molecule has 0 saturated carbocycles. The Morgan fingerprint density at radius 2 is 1.82 bits per heavy atom. The van der Waals surface area contributed by atoms with E-state index in [1.807, 2.05) is 37.3 Å². The van der Waals surface area contributed by atoms with Gasteiger partial charge in [-0.15, -0.1) is 11.3 Å². The summed E-state index contributed by atoms with van der Waals surface area (Å²) in [5, 5.41) is 4.47. The summed E-state index contributed by atoms with van der Waals surface area (Å²) in [6.45, 7) is 11.0. The van der Waals surface area contributed by atoms with Gasteiger partial charge < -0.3 is 10.1 Å². The number of aromatic nitrogens is 1. The zero-order chi connectivity index (χ0) is 27.7. The predicted molar refractivity (Wildman–Crippen MR) is 160 cm³/mol. The molecule has 0 radical (unpaired) electrons. The van der Waals surface area contributed by atoms with Crippen molar-refractivity contribution in [2.24, 2.45) is 11.3 Å². The molecule has 2 aromatic carbocycles. The molecule has 1 aliphatic carbocycles. The van der Waals surface area contributed by atoms with Crippen LogP contribution in [0, 0.1) is 11.3 Å². The Labute approximate surface area is 234 Å². The standard InChI is InChI=1S/C33H36N2O3S/c1-6-20-12-14-21(15-13-20)27-19-25(23-10-8-9-11-26(23)34-27)30(36)35-31-29(32(37)38-7-2)24-17-16-22(33(3,4)5)18-28(24)39-31/h8-15,19,22H,6-7,16-18H2,1-5H3,(H,35,36)/t22-/m0/s1. The Morgan fingerprint density at radius 3 is 2.51 bits per heavy atom. The third kappa shape index (κ3) is 5.48. The number of benzene rings is 2. The number of hydrogen-bond donors (Lipinski definition) is 1. The zero-order valence-electron chi connectivity index (χ0n) is 23.4. The molecule has 1 atom stereocenters. The Hall–Kier alpha value is -3.51. The first-order valence-electron chi connectivity index (χ1n) is 13.8. The van der Waals surface area contributed by atoms with E-state index in [1.165, 1.54) is 21.8 Å². The van der Waals surface area contributed by atoms with Crippen LogP contribution in [0.4, 0.5) is 5.00 Å². The highest BCUT2D eigenvalue weighted by molar-refractivity contribution is 7.17. The summed E-state index contributed by atoms with van der Waals surface area (Å²) >= 11 is 1.52. The summed E-state index contributed by atoms with van der Waals surface area (Å²) in [4.78, 5) is 33.0. The van der Waals surface area contributed by atoms with Crippen LogP contribution in [0.1, 0.15) is 77.8 Å². The molecule has 0 spiro atoms. The van der Waals surface area contributed by atoms with Crippen molar-refractivity contribution in [1.82, 2.24) is 4.98 Å². The van der Waals surface area contributed by atoms with Gasteiger partial charge in [-0.2, -0.15) is 0 Å². The number of anilines is 1. The molecule has 0 unspecified atom stereocenters. The smallest absolute Gasteiger partial charge is 0.341 e. The van der Waals surface area contributed by atoms with Gasteiger partial charge in [-0.05, 0) is 67.2 Å². The van der Waals surface area contributed by atoms with Gasteiger partial charge in [-0.3, -0.25) is 4.79 Å². The quantitative estimate of drug-likeness (QED) is 0.251. The van der Waals surface area contributed by atoms with E-state index in [1.54, 1.807) is 0 Å². The third-order valence-electron chi connectivity index (χ3n) is 7.82. The average molecular weight is 541 g/mol. The molecule has 1 aliphatic rings. The van der Waals surface area contributed by atoms with Crippen molar-refractivity contribution in [3.05, 3.63) is 81.7 Å². The summed E-state index contributed by atoms with van der Waals surface area (Å²) in [6.07, 6.45) is 3.70. The fraction of sp³-hybridized carbons (Fsp3) is 0.364. The number of aryl methyl sites for hydroxylation is 1. The first kappa shape index (κ1) is 27.1. The molecule has 2 aromatic heterocycles. The SMILES string of the molecule is CCOC(=O)c1c(NC(=O)c2cc(-c3ccc(CC)cc3)nc3ccccc23)sc2c1CC[C@H](C(C)(C)C)C2. The number of nitrogens with one attached hydrogen (secondary N) is 1. The lowest BCUT2D eigenvalue weighted by molar-refractivity contribution is 0.0526. The van der Waals surface area contributed by atoms with E-state index in [9.17, 15) is 9.59 Å². The normalized spacial score (nSPS) is 15.2. The van der Waals surface area contributed by atoms with E-state index in [0.29, 0.717) is 22.0 Å². The molecule has 0 bridgehead atoms. The monoisotopic (exact) mass is 540 g/mol. The molecule has 5 rings (SSSR count). The van der Waals surface area contributed by atoms with Crippen LogP contribution in [0.2, 0.25) is 0 Å².